The molecule has 0 amide bonds. The van der Waals surface area contributed by atoms with Gasteiger partial charge in [-0.2, -0.15) is 0 Å². The number of aryl methyl sites for hydroxylation is 1. The van der Waals surface area contributed by atoms with E-state index in [9.17, 15) is 0 Å². The molecule has 15 heavy (non-hydrogen) atoms. The van der Waals surface area contributed by atoms with Crippen molar-refractivity contribution in [2.75, 3.05) is 20.7 Å². The molecule has 0 atom stereocenters. The molecule has 0 fully saturated rings. The highest BCUT2D eigenvalue weighted by molar-refractivity contribution is 5.37. The van der Waals surface area contributed by atoms with Crippen LogP contribution >= 0.6 is 0 Å². The SMILES string of the molecule is CCc1ccc(OC)c(CN(C)CC)c1. The molecule has 0 saturated carbocycles. The molecule has 1 aromatic rings. The molecule has 1 rings (SSSR count). The molecule has 0 heterocycles. The maximum atomic E-state index is 5.36. The van der Waals surface area contributed by atoms with E-state index < -0.39 is 0 Å². The molecular weight excluding hydrogens is 186 g/mol. The standard InChI is InChI=1S/C13H21NO/c1-5-11-7-8-13(15-4)12(9-11)10-14(3)6-2/h7-9H,5-6,10H2,1-4H3. The van der Waals surface area contributed by atoms with E-state index in [0.29, 0.717) is 0 Å². The van der Waals surface area contributed by atoms with Gasteiger partial charge >= 0.3 is 0 Å². The lowest BCUT2D eigenvalue weighted by atomic mass is 10.1. The van der Waals surface area contributed by atoms with Gasteiger partial charge in [-0.1, -0.05) is 26.0 Å². The Morgan fingerprint density at radius 3 is 2.53 bits per heavy atom. The van der Waals surface area contributed by atoms with Crippen molar-refractivity contribution in [2.24, 2.45) is 0 Å². The Kier molecular flexibility index (Phi) is 4.63. The van der Waals surface area contributed by atoms with Crippen LogP contribution in [0.15, 0.2) is 18.2 Å². The fourth-order valence-electron chi connectivity index (χ4n) is 1.58. The van der Waals surface area contributed by atoms with Gasteiger partial charge in [0.1, 0.15) is 5.75 Å². The van der Waals surface area contributed by atoms with Gasteiger partial charge in [0, 0.05) is 12.1 Å². The monoisotopic (exact) mass is 207 g/mol. The molecular formula is C13H21NO. The highest BCUT2D eigenvalue weighted by Crippen LogP contribution is 2.21. The van der Waals surface area contributed by atoms with Crippen LogP contribution in [-0.2, 0) is 13.0 Å². The van der Waals surface area contributed by atoms with Gasteiger partial charge in [-0.05, 0) is 31.6 Å². The molecule has 0 aromatic heterocycles. The van der Waals surface area contributed by atoms with E-state index in [1.54, 1.807) is 7.11 Å². The number of benzene rings is 1. The maximum absolute atomic E-state index is 5.36. The Labute approximate surface area is 92.9 Å². The summed E-state index contributed by atoms with van der Waals surface area (Å²) in [6.07, 6.45) is 1.08. The molecule has 0 aliphatic carbocycles. The lowest BCUT2D eigenvalue weighted by Crippen LogP contribution is -2.17. The average molecular weight is 207 g/mol. The first kappa shape index (κ1) is 12.1. The van der Waals surface area contributed by atoms with Gasteiger partial charge in [-0.3, -0.25) is 0 Å². The molecule has 0 radical (unpaired) electrons. The molecule has 0 bridgehead atoms. The minimum absolute atomic E-state index is 0.952. The van der Waals surface area contributed by atoms with Crippen molar-refractivity contribution in [1.82, 2.24) is 4.90 Å². The van der Waals surface area contributed by atoms with Crippen molar-refractivity contribution in [2.45, 2.75) is 26.8 Å². The molecule has 0 aliphatic heterocycles. The van der Waals surface area contributed by atoms with E-state index in [1.807, 2.05) is 0 Å². The van der Waals surface area contributed by atoms with Crippen LogP contribution < -0.4 is 4.74 Å². The molecule has 0 spiro atoms. The smallest absolute Gasteiger partial charge is 0.123 e. The van der Waals surface area contributed by atoms with E-state index in [4.69, 9.17) is 4.74 Å². The van der Waals surface area contributed by atoms with E-state index in [1.165, 1.54) is 11.1 Å². The summed E-state index contributed by atoms with van der Waals surface area (Å²) in [6, 6.07) is 6.44. The van der Waals surface area contributed by atoms with Crippen LogP contribution in [0.5, 0.6) is 5.75 Å². The quantitative estimate of drug-likeness (QED) is 0.736. The van der Waals surface area contributed by atoms with Gasteiger partial charge < -0.3 is 9.64 Å². The van der Waals surface area contributed by atoms with Gasteiger partial charge in [0.2, 0.25) is 0 Å². The zero-order chi connectivity index (χ0) is 11.3. The number of hydrogen-bond acceptors (Lipinski definition) is 2. The summed E-state index contributed by atoms with van der Waals surface area (Å²) in [7, 11) is 3.86. The summed E-state index contributed by atoms with van der Waals surface area (Å²) in [4.78, 5) is 2.28. The first-order valence-corrected chi connectivity index (χ1v) is 5.55. The van der Waals surface area contributed by atoms with Crippen molar-refractivity contribution in [3.05, 3.63) is 29.3 Å². The van der Waals surface area contributed by atoms with Crippen LogP contribution in [0.3, 0.4) is 0 Å². The number of nitrogens with zero attached hydrogens (tertiary/aromatic N) is 1. The van der Waals surface area contributed by atoms with Gasteiger partial charge in [0.15, 0.2) is 0 Å². The first-order valence-electron chi connectivity index (χ1n) is 5.55. The Hall–Kier alpha value is -1.02. The van der Waals surface area contributed by atoms with Gasteiger partial charge in [0.05, 0.1) is 7.11 Å². The predicted octanol–water partition coefficient (Wildman–Crippen LogP) is 2.71. The first-order chi connectivity index (χ1) is 7.21. The summed E-state index contributed by atoms with van der Waals surface area (Å²) < 4.78 is 5.36. The molecule has 84 valence electrons. The number of rotatable bonds is 5. The largest absolute Gasteiger partial charge is 0.496 e. The van der Waals surface area contributed by atoms with Gasteiger partial charge in [-0.25, -0.2) is 0 Å². The molecule has 0 saturated heterocycles. The zero-order valence-corrected chi connectivity index (χ0v) is 10.2. The number of ether oxygens (including phenoxy) is 1. The minimum atomic E-state index is 0.952. The summed E-state index contributed by atoms with van der Waals surface area (Å²) in [5.41, 5.74) is 2.65. The Bertz CT molecular complexity index is 309. The van der Waals surface area contributed by atoms with Crippen molar-refractivity contribution >= 4 is 0 Å². The molecule has 0 N–H and O–H groups in total. The van der Waals surface area contributed by atoms with E-state index in [-0.39, 0.29) is 0 Å². The molecule has 2 nitrogen and oxygen atoms in total. The Morgan fingerprint density at radius 2 is 2.00 bits per heavy atom. The Morgan fingerprint density at radius 1 is 1.27 bits per heavy atom. The average Bonchev–Trinajstić information content (AvgIpc) is 2.28. The Balaban J connectivity index is 2.90. The predicted molar refractivity (Wildman–Crippen MR) is 64.4 cm³/mol. The van der Waals surface area contributed by atoms with Crippen molar-refractivity contribution < 1.29 is 4.74 Å². The summed E-state index contributed by atoms with van der Waals surface area (Å²) in [5, 5.41) is 0. The van der Waals surface area contributed by atoms with Crippen molar-refractivity contribution in [1.29, 1.82) is 0 Å². The second-order valence-corrected chi connectivity index (χ2v) is 3.83. The van der Waals surface area contributed by atoms with E-state index in [2.05, 4.69) is 44.0 Å². The molecule has 2 heteroatoms. The normalized spacial score (nSPS) is 10.7. The molecule has 1 aromatic carbocycles. The fraction of sp³-hybridized carbons (Fsp3) is 0.538. The fourth-order valence-corrected chi connectivity index (χ4v) is 1.58. The van der Waals surface area contributed by atoms with Gasteiger partial charge in [-0.15, -0.1) is 0 Å². The topological polar surface area (TPSA) is 12.5 Å². The lowest BCUT2D eigenvalue weighted by molar-refractivity contribution is 0.333. The van der Waals surface area contributed by atoms with Crippen LogP contribution in [-0.4, -0.2) is 25.6 Å². The van der Waals surface area contributed by atoms with E-state index >= 15 is 0 Å². The molecule has 0 unspecified atom stereocenters. The van der Waals surface area contributed by atoms with Crippen LogP contribution in [0.2, 0.25) is 0 Å². The third-order valence-electron chi connectivity index (χ3n) is 2.73. The number of methoxy groups -OCH3 is 1. The molecule has 0 aliphatic rings. The van der Waals surface area contributed by atoms with Gasteiger partial charge in [0.25, 0.3) is 0 Å². The minimum Gasteiger partial charge on any atom is -0.496 e. The van der Waals surface area contributed by atoms with Crippen LogP contribution in [0.1, 0.15) is 25.0 Å². The van der Waals surface area contributed by atoms with Crippen LogP contribution in [0, 0.1) is 0 Å². The second kappa shape index (κ2) is 5.76. The number of hydrogen-bond donors (Lipinski definition) is 0. The highest BCUT2D eigenvalue weighted by atomic mass is 16.5. The summed E-state index contributed by atoms with van der Waals surface area (Å²) in [6.45, 7) is 6.35. The van der Waals surface area contributed by atoms with E-state index in [0.717, 1.165) is 25.3 Å². The zero-order valence-electron chi connectivity index (χ0n) is 10.2. The second-order valence-electron chi connectivity index (χ2n) is 3.83. The van der Waals surface area contributed by atoms with Crippen LogP contribution in [0.4, 0.5) is 0 Å². The maximum Gasteiger partial charge on any atom is 0.123 e. The third-order valence-corrected chi connectivity index (χ3v) is 2.73. The van der Waals surface area contributed by atoms with Crippen molar-refractivity contribution in [3.8, 4) is 5.75 Å². The highest BCUT2D eigenvalue weighted by Gasteiger charge is 2.05. The van der Waals surface area contributed by atoms with Crippen LogP contribution in [0.25, 0.3) is 0 Å². The van der Waals surface area contributed by atoms with Crippen molar-refractivity contribution in [3.63, 3.8) is 0 Å². The third kappa shape index (κ3) is 3.24. The summed E-state index contributed by atoms with van der Waals surface area (Å²) >= 11 is 0. The lowest BCUT2D eigenvalue weighted by Gasteiger charge is -2.17. The summed E-state index contributed by atoms with van der Waals surface area (Å²) in [5.74, 6) is 0.993.